The van der Waals surface area contributed by atoms with Gasteiger partial charge < -0.3 is 15.6 Å². The van der Waals surface area contributed by atoms with Gasteiger partial charge in [-0.3, -0.25) is 4.79 Å². The molecule has 0 saturated carbocycles. The zero-order valence-corrected chi connectivity index (χ0v) is 6.20. The monoisotopic (exact) mass is 147 g/mol. The summed E-state index contributed by atoms with van der Waals surface area (Å²) in [5.74, 6) is -0.514. The molecule has 0 aromatic rings. The highest BCUT2D eigenvalue weighted by molar-refractivity contribution is 5.78. The van der Waals surface area contributed by atoms with Gasteiger partial charge in [-0.25, -0.2) is 0 Å². The smallest absolute Gasteiger partial charge is 0.246 e. The van der Waals surface area contributed by atoms with Crippen molar-refractivity contribution in [1.29, 1.82) is 0 Å². The maximum atomic E-state index is 10.4. The van der Waals surface area contributed by atoms with E-state index in [0.717, 1.165) is 0 Å². The normalized spacial score (nSPS) is 16.3. The molecule has 4 heteroatoms. The third kappa shape index (κ3) is 3.42. The lowest BCUT2D eigenvalue weighted by Gasteiger charge is -2.13. The summed E-state index contributed by atoms with van der Waals surface area (Å²) < 4.78 is 4.94. The van der Waals surface area contributed by atoms with Crippen LogP contribution in [0.3, 0.4) is 0 Å². The van der Waals surface area contributed by atoms with Crippen LogP contribution in [0.4, 0.5) is 0 Å². The number of nitrogens with two attached hydrogens (primary N) is 1. The first kappa shape index (κ1) is 9.39. The molecule has 1 amide bonds. The predicted molar refractivity (Wildman–Crippen MR) is 36.3 cm³/mol. The van der Waals surface area contributed by atoms with Crippen LogP contribution in [0.2, 0.25) is 0 Å². The number of aliphatic hydroxyl groups is 1. The topological polar surface area (TPSA) is 72.6 Å². The van der Waals surface area contributed by atoms with Crippen molar-refractivity contribution >= 4 is 5.91 Å². The molecular weight excluding hydrogens is 134 g/mol. The van der Waals surface area contributed by atoms with Crippen molar-refractivity contribution in [3.8, 4) is 0 Å². The molecule has 0 aliphatic rings. The van der Waals surface area contributed by atoms with E-state index in [9.17, 15) is 4.79 Å². The Balaban J connectivity index is 3.56. The molecule has 0 aromatic carbocycles. The summed E-state index contributed by atoms with van der Waals surface area (Å²) in [6, 6.07) is 0. The van der Waals surface area contributed by atoms with Crippen molar-refractivity contribution in [3.63, 3.8) is 0 Å². The second kappa shape index (κ2) is 4.24. The van der Waals surface area contributed by atoms with Gasteiger partial charge in [0.15, 0.2) is 0 Å². The fraction of sp³-hybridized carbons (Fsp3) is 0.833. The highest BCUT2D eigenvalue weighted by atomic mass is 16.5. The SMILES string of the molecule is CC(O[C@@H](C)CO)C(N)=O. The molecule has 4 nitrogen and oxygen atoms in total. The number of ether oxygens (including phenoxy) is 1. The van der Waals surface area contributed by atoms with Gasteiger partial charge in [0.05, 0.1) is 12.7 Å². The molecule has 0 heterocycles. The summed E-state index contributed by atoms with van der Waals surface area (Å²) in [5, 5.41) is 8.49. The van der Waals surface area contributed by atoms with E-state index in [2.05, 4.69) is 0 Å². The fourth-order valence-corrected chi connectivity index (χ4v) is 0.459. The van der Waals surface area contributed by atoms with Crippen molar-refractivity contribution in [2.24, 2.45) is 5.73 Å². The molecule has 0 aliphatic carbocycles. The van der Waals surface area contributed by atoms with Crippen LogP contribution in [0, 0.1) is 0 Å². The predicted octanol–water partition coefficient (Wildman–Crippen LogP) is -0.742. The Morgan fingerprint density at radius 3 is 2.50 bits per heavy atom. The minimum absolute atomic E-state index is 0.0996. The van der Waals surface area contributed by atoms with Crippen molar-refractivity contribution in [2.45, 2.75) is 26.1 Å². The second-order valence-corrected chi connectivity index (χ2v) is 2.17. The van der Waals surface area contributed by atoms with Crippen LogP contribution in [0.5, 0.6) is 0 Å². The molecule has 3 N–H and O–H groups in total. The third-order valence-electron chi connectivity index (χ3n) is 1.09. The van der Waals surface area contributed by atoms with E-state index in [1.54, 1.807) is 13.8 Å². The van der Waals surface area contributed by atoms with Gasteiger partial charge in [-0.05, 0) is 13.8 Å². The number of hydrogen-bond donors (Lipinski definition) is 2. The maximum Gasteiger partial charge on any atom is 0.246 e. The Morgan fingerprint density at radius 1 is 1.70 bits per heavy atom. The summed E-state index contributed by atoms with van der Waals surface area (Å²) in [6.45, 7) is 3.12. The third-order valence-corrected chi connectivity index (χ3v) is 1.09. The Bertz CT molecular complexity index is 116. The summed E-state index contributed by atoms with van der Waals surface area (Å²) in [4.78, 5) is 10.4. The number of primary amides is 1. The highest BCUT2D eigenvalue weighted by Gasteiger charge is 2.11. The Morgan fingerprint density at radius 2 is 2.20 bits per heavy atom. The zero-order chi connectivity index (χ0) is 8.15. The molecule has 0 rings (SSSR count). The Kier molecular flexibility index (Phi) is 3.99. The van der Waals surface area contributed by atoms with Crippen LogP contribution >= 0.6 is 0 Å². The number of hydrogen-bond acceptors (Lipinski definition) is 3. The minimum atomic E-state index is -0.623. The van der Waals surface area contributed by atoms with Crippen LogP contribution in [-0.4, -0.2) is 29.8 Å². The Hall–Kier alpha value is -0.610. The molecule has 0 spiro atoms. The molecular formula is C6H13NO3. The van der Waals surface area contributed by atoms with E-state index in [0.29, 0.717) is 0 Å². The number of carbonyl (C=O) groups is 1. The minimum Gasteiger partial charge on any atom is -0.394 e. The first-order valence-electron chi connectivity index (χ1n) is 3.13. The van der Waals surface area contributed by atoms with Gasteiger partial charge in [-0.2, -0.15) is 0 Å². The molecule has 0 bridgehead atoms. The van der Waals surface area contributed by atoms with Crippen LogP contribution in [0.1, 0.15) is 13.8 Å². The summed E-state index contributed by atoms with van der Waals surface area (Å²) >= 11 is 0. The van der Waals surface area contributed by atoms with E-state index < -0.39 is 12.0 Å². The molecule has 0 aromatic heterocycles. The van der Waals surface area contributed by atoms with Gasteiger partial charge in [-0.1, -0.05) is 0 Å². The molecule has 1 unspecified atom stereocenters. The maximum absolute atomic E-state index is 10.4. The van der Waals surface area contributed by atoms with Crippen molar-refractivity contribution in [2.75, 3.05) is 6.61 Å². The highest BCUT2D eigenvalue weighted by Crippen LogP contribution is 1.95. The van der Waals surface area contributed by atoms with E-state index >= 15 is 0 Å². The number of amides is 1. The quantitative estimate of drug-likeness (QED) is 0.550. The lowest BCUT2D eigenvalue weighted by Crippen LogP contribution is -2.32. The fourth-order valence-electron chi connectivity index (χ4n) is 0.459. The molecule has 0 aliphatic heterocycles. The first-order valence-corrected chi connectivity index (χ1v) is 3.13. The van der Waals surface area contributed by atoms with Gasteiger partial charge in [0.1, 0.15) is 6.10 Å². The number of rotatable bonds is 4. The van der Waals surface area contributed by atoms with Gasteiger partial charge in [0.2, 0.25) is 5.91 Å². The summed E-state index contributed by atoms with van der Waals surface area (Å²) in [5.41, 5.74) is 4.89. The number of carbonyl (C=O) groups excluding carboxylic acids is 1. The average molecular weight is 147 g/mol. The molecule has 0 saturated heterocycles. The molecule has 0 radical (unpaired) electrons. The Labute approximate surface area is 60.0 Å². The molecule has 60 valence electrons. The van der Waals surface area contributed by atoms with Crippen molar-refractivity contribution in [3.05, 3.63) is 0 Å². The van der Waals surface area contributed by atoms with Crippen molar-refractivity contribution in [1.82, 2.24) is 0 Å². The van der Waals surface area contributed by atoms with Crippen molar-refractivity contribution < 1.29 is 14.6 Å². The van der Waals surface area contributed by atoms with Gasteiger partial charge in [-0.15, -0.1) is 0 Å². The van der Waals surface area contributed by atoms with Crippen LogP contribution in [0.15, 0.2) is 0 Å². The van der Waals surface area contributed by atoms with E-state index in [-0.39, 0.29) is 12.7 Å². The standard InChI is InChI=1S/C6H13NO3/c1-4(3-8)10-5(2)6(7)9/h4-5,8H,3H2,1-2H3,(H2,7,9)/t4-,5?/m0/s1. The molecule has 0 fully saturated rings. The zero-order valence-electron chi connectivity index (χ0n) is 6.20. The largest absolute Gasteiger partial charge is 0.394 e. The van der Waals surface area contributed by atoms with Gasteiger partial charge in [0, 0.05) is 0 Å². The van der Waals surface area contributed by atoms with Crippen LogP contribution in [0.25, 0.3) is 0 Å². The summed E-state index contributed by atoms with van der Waals surface area (Å²) in [7, 11) is 0. The lowest BCUT2D eigenvalue weighted by molar-refractivity contribution is -0.132. The lowest BCUT2D eigenvalue weighted by atomic mass is 10.3. The molecule has 2 atom stereocenters. The first-order chi connectivity index (χ1) is 4.57. The van der Waals surface area contributed by atoms with Crippen LogP contribution < -0.4 is 5.73 Å². The molecule has 10 heavy (non-hydrogen) atoms. The summed E-state index contributed by atoms with van der Waals surface area (Å²) in [6.07, 6.45) is -0.954. The van der Waals surface area contributed by atoms with Gasteiger partial charge >= 0.3 is 0 Å². The average Bonchev–Trinajstić information content (AvgIpc) is 1.87. The number of aliphatic hydroxyl groups excluding tert-OH is 1. The van der Waals surface area contributed by atoms with E-state index in [4.69, 9.17) is 15.6 Å². The van der Waals surface area contributed by atoms with E-state index in [1.165, 1.54) is 0 Å². The second-order valence-electron chi connectivity index (χ2n) is 2.17. The van der Waals surface area contributed by atoms with Gasteiger partial charge in [0.25, 0.3) is 0 Å². The van der Waals surface area contributed by atoms with E-state index in [1.807, 2.05) is 0 Å². The van der Waals surface area contributed by atoms with Crippen LogP contribution in [-0.2, 0) is 9.53 Å².